The van der Waals surface area contributed by atoms with Crippen LogP contribution in [-0.2, 0) is 27.7 Å². The fourth-order valence-corrected chi connectivity index (χ4v) is 6.69. The van der Waals surface area contributed by atoms with Gasteiger partial charge in [0, 0.05) is 37.6 Å². The summed E-state index contributed by atoms with van der Waals surface area (Å²) in [5.74, 6) is 0.0417. The Labute approximate surface area is 223 Å². The Morgan fingerprint density at radius 3 is 2.73 bits per heavy atom. The number of sulfone groups is 1. The highest BCUT2D eigenvalue weighted by Gasteiger charge is 2.23. The number of pyridine rings is 1. The van der Waals surface area contributed by atoms with E-state index < -0.39 is 9.84 Å². The van der Waals surface area contributed by atoms with Crippen molar-refractivity contribution in [3.8, 4) is 11.4 Å². The van der Waals surface area contributed by atoms with Gasteiger partial charge in [0.15, 0.2) is 9.84 Å². The summed E-state index contributed by atoms with van der Waals surface area (Å²) in [6, 6.07) is 10.6. The number of rotatable bonds is 7. The molecule has 0 radical (unpaired) electrons. The lowest BCUT2D eigenvalue weighted by molar-refractivity contribution is -0.117. The van der Waals surface area contributed by atoms with E-state index in [2.05, 4.69) is 20.5 Å². The van der Waals surface area contributed by atoms with E-state index in [1.54, 1.807) is 33.8 Å². The zero-order valence-electron chi connectivity index (χ0n) is 19.8. The second-order valence-corrected chi connectivity index (χ2v) is 13.2. The Hall–Kier alpha value is -2.93. The molecular weight excluding hydrogens is 536 g/mol. The van der Waals surface area contributed by atoms with Crippen molar-refractivity contribution in [2.24, 2.45) is 0 Å². The number of benzene rings is 1. The van der Waals surface area contributed by atoms with Crippen molar-refractivity contribution in [3.05, 3.63) is 81.4 Å². The highest BCUT2D eigenvalue weighted by atomic mass is 35.5. The topological polar surface area (TPSA) is 119 Å². The summed E-state index contributed by atoms with van der Waals surface area (Å²) in [5.41, 5.74) is 2.75. The van der Waals surface area contributed by atoms with E-state index in [0.717, 1.165) is 11.3 Å². The van der Waals surface area contributed by atoms with Gasteiger partial charge in [0.2, 0.25) is 0 Å². The van der Waals surface area contributed by atoms with Crippen LogP contribution in [0.1, 0.15) is 17.7 Å². The van der Waals surface area contributed by atoms with Gasteiger partial charge in [-0.3, -0.25) is 19.1 Å². The molecule has 2 aromatic heterocycles. The summed E-state index contributed by atoms with van der Waals surface area (Å²) >= 11 is 7.39. The number of allylic oxidation sites excluding steroid dienone is 1. The van der Waals surface area contributed by atoms with Crippen molar-refractivity contribution in [1.82, 2.24) is 29.8 Å². The maximum absolute atomic E-state index is 12.4. The van der Waals surface area contributed by atoms with Crippen LogP contribution in [0.5, 0.6) is 0 Å². The van der Waals surface area contributed by atoms with Gasteiger partial charge in [-0.25, -0.2) is 13.1 Å². The Kier molecular flexibility index (Phi) is 7.52. The molecule has 13 heteroatoms. The number of halogens is 1. The molecule has 4 heterocycles. The number of hydrogen-bond acceptors (Lipinski definition) is 8. The van der Waals surface area contributed by atoms with E-state index in [9.17, 15) is 18.0 Å². The lowest BCUT2D eigenvalue weighted by Crippen LogP contribution is -2.39. The first-order valence-electron chi connectivity index (χ1n) is 11.7. The molecule has 0 saturated carbocycles. The number of carbonyl (C=O) groups excluding carboxylic acids is 1. The second kappa shape index (κ2) is 10.8. The fraction of sp³-hybridized carbons (Fsp3) is 0.333. The largest absolute Gasteiger partial charge is 0.346 e. The second-order valence-electron chi connectivity index (χ2n) is 8.82. The molecule has 3 aromatic rings. The molecule has 1 unspecified atom stereocenters. The third-order valence-corrected chi connectivity index (χ3v) is 9.29. The Morgan fingerprint density at radius 1 is 1.19 bits per heavy atom. The third-order valence-electron chi connectivity index (χ3n) is 6.18. The highest BCUT2D eigenvalue weighted by Crippen LogP contribution is 2.34. The molecule has 194 valence electrons. The predicted octanol–water partition coefficient (Wildman–Crippen LogP) is 1.85. The Morgan fingerprint density at radius 2 is 2.00 bits per heavy atom. The average Bonchev–Trinajstić information content (AvgIpc) is 3.53. The molecule has 1 fully saturated rings. The SMILES string of the molecule is O=C(NCc1cn(-c2ccc(-n3ccccc3=O)cc2CN2CCS(=O)(=O)CC2)nn1)C1=CCC(Cl)S1. The van der Waals surface area contributed by atoms with Gasteiger partial charge in [0.25, 0.3) is 11.5 Å². The lowest BCUT2D eigenvalue weighted by Gasteiger charge is -2.27. The van der Waals surface area contributed by atoms with Crippen molar-refractivity contribution in [3.63, 3.8) is 0 Å². The zero-order chi connectivity index (χ0) is 26.0. The number of aromatic nitrogens is 4. The quantitative estimate of drug-likeness (QED) is 0.435. The summed E-state index contributed by atoms with van der Waals surface area (Å²) in [6.45, 7) is 1.56. The first-order valence-corrected chi connectivity index (χ1v) is 14.9. The van der Waals surface area contributed by atoms with Crippen molar-refractivity contribution in [2.75, 3.05) is 24.6 Å². The molecule has 0 bridgehead atoms. The third kappa shape index (κ3) is 6.15. The summed E-state index contributed by atoms with van der Waals surface area (Å²) in [4.78, 5) is 27.5. The average molecular weight is 561 g/mol. The van der Waals surface area contributed by atoms with Crippen LogP contribution in [0, 0.1) is 0 Å². The van der Waals surface area contributed by atoms with Crippen LogP contribution < -0.4 is 10.9 Å². The molecule has 2 aliphatic heterocycles. The van der Waals surface area contributed by atoms with Crippen LogP contribution in [0.3, 0.4) is 0 Å². The number of nitrogens with zero attached hydrogens (tertiary/aromatic N) is 5. The monoisotopic (exact) mass is 560 g/mol. The first kappa shape index (κ1) is 25.7. The van der Waals surface area contributed by atoms with Gasteiger partial charge in [-0.2, -0.15) is 0 Å². The van der Waals surface area contributed by atoms with Crippen LogP contribution in [0.2, 0.25) is 0 Å². The summed E-state index contributed by atoms with van der Waals surface area (Å²) in [5, 5.41) is 11.3. The smallest absolute Gasteiger partial charge is 0.257 e. The Bertz CT molecular complexity index is 1500. The minimum atomic E-state index is -3.01. The van der Waals surface area contributed by atoms with Gasteiger partial charge in [-0.05, 0) is 36.2 Å². The van der Waals surface area contributed by atoms with Gasteiger partial charge in [-0.15, -0.1) is 28.5 Å². The summed E-state index contributed by atoms with van der Waals surface area (Å²) < 4.78 is 26.9. The number of alkyl halides is 1. The molecule has 37 heavy (non-hydrogen) atoms. The molecule has 1 aromatic carbocycles. The van der Waals surface area contributed by atoms with Crippen molar-refractivity contribution in [2.45, 2.75) is 24.2 Å². The normalized spacial score (nSPS) is 19.5. The zero-order valence-corrected chi connectivity index (χ0v) is 22.2. The predicted molar refractivity (Wildman–Crippen MR) is 143 cm³/mol. The van der Waals surface area contributed by atoms with Crippen molar-refractivity contribution >= 4 is 39.1 Å². The van der Waals surface area contributed by atoms with Gasteiger partial charge in [-0.1, -0.05) is 17.4 Å². The van der Waals surface area contributed by atoms with E-state index >= 15 is 0 Å². The van der Waals surface area contributed by atoms with Crippen LogP contribution in [0.15, 0.2) is 64.6 Å². The minimum Gasteiger partial charge on any atom is -0.346 e. The molecule has 0 spiro atoms. The van der Waals surface area contributed by atoms with E-state index in [1.807, 2.05) is 24.3 Å². The highest BCUT2D eigenvalue weighted by molar-refractivity contribution is 8.05. The number of nitrogens with one attached hydrogen (secondary N) is 1. The van der Waals surface area contributed by atoms with Crippen molar-refractivity contribution in [1.29, 1.82) is 0 Å². The molecule has 1 N–H and O–H groups in total. The molecule has 1 atom stereocenters. The first-order chi connectivity index (χ1) is 17.8. The van der Waals surface area contributed by atoms with Gasteiger partial charge < -0.3 is 5.32 Å². The number of thioether (sulfide) groups is 1. The van der Waals surface area contributed by atoms with E-state index in [0.29, 0.717) is 42.3 Å². The molecule has 2 aliphatic rings. The van der Waals surface area contributed by atoms with Crippen LogP contribution >= 0.6 is 23.4 Å². The molecule has 1 saturated heterocycles. The Balaban J connectivity index is 1.39. The van der Waals surface area contributed by atoms with E-state index in [1.165, 1.54) is 17.8 Å². The van der Waals surface area contributed by atoms with E-state index in [4.69, 9.17) is 11.6 Å². The van der Waals surface area contributed by atoms with Crippen LogP contribution in [0.25, 0.3) is 11.4 Å². The molecule has 10 nitrogen and oxygen atoms in total. The number of amides is 1. The molecule has 5 rings (SSSR count). The molecular formula is C24H25ClN6O4S2. The summed E-state index contributed by atoms with van der Waals surface area (Å²) in [6.07, 6.45) is 5.93. The van der Waals surface area contributed by atoms with Crippen LogP contribution in [0.4, 0.5) is 0 Å². The molecule has 0 aliphatic carbocycles. The fourth-order valence-electron chi connectivity index (χ4n) is 4.20. The maximum Gasteiger partial charge on any atom is 0.257 e. The lowest BCUT2D eigenvalue weighted by atomic mass is 10.1. The van der Waals surface area contributed by atoms with Gasteiger partial charge in [0.1, 0.15) is 5.69 Å². The van der Waals surface area contributed by atoms with Gasteiger partial charge in [0.05, 0.1) is 39.5 Å². The standard InChI is InChI=1S/C24H25ClN6O4S2/c25-22-7-6-21(36-22)24(33)26-14-18-16-31(28-27-18)20-5-4-19(30-8-2-1-3-23(30)32)13-17(20)15-29-9-11-37(34,35)12-10-29/h1-6,8,13,16,22H,7,9-12,14-15H2,(H,26,33). The summed E-state index contributed by atoms with van der Waals surface area (Å²) in [7, 11) is -3.01. The maximum atomic E-state index is 12.4. The molecule has 1 amide bonds. The van der Waals surface area contributed by atoms with Crippen molar-refractivity contribution < 1.29 is 13.2 Å². The number of carbonyl (C=O) groups is 1. The number of hydrogen-bond donors (Lipinski definition) is 1. The van der Waals surface area contributed by atoms with Gasteiger partial charge >= 0.3 is 0 Å². The minimum absolute atomic E-state index is 0.116. The van der Waals surface area contributed by atoms with Crippen LogP contribution in [-0.4, -0.2) is 68.1 Å². The van der Waals surface area contributed by atoms with E-state index in [-0.39, 0.29) is 34.2 Å².